The molecule has 192 valence electrons. The fraction of sp³-hybridized carbons (Fsp3) is 0.333. The van der Waals surface area contributed by atoms with Crippen LogP contribution in [0.4, 0.5) is 27.9 Å². The van der Waals surface area contributed by atoms with E-state index in [9.17, 15) is 4.79 Å². The van der Waals surface area contributed by atoms with Crippen LogP contribution >= 0.6 is 22.7 Å². The quantitative estimate of drug-likeness (QED) is 0.109. The Morgan fingerprint density at radius 1 is 0.919 bits per heavy atom. The summed E-state index contributed by atoms with van der Waals surface area (Å²) in [7, 11) is 0. The second-order valence-corrected chi connectivity index (χ2v) is 10.4. The van der Waals surface area contributed by atoms with E-state index in [1.165, 1.54) is 28.4 Å². The zero-order valence-electron chi connectivity index (χ0n) is 21.5. The van der Waals surface area contributed by atoms with Crippen LogP contribution in [0.5, 0.6) is 0 Å². The standard InChI is InChI=1S/C27H30N6O2S2/c1-5-8-15-35-26(34)24-17-23-25(36-24)28-27(37-23)32-31-22-14-11-20(16-18(22)4)30-29-19-9-12-21(13-10-19)33(6-2)7-3/h9-14,16-17H,5-8,15H2,1-4H3. The molecule has 0 atom stereocenters. The number of esters is 1. The number of aryl methyl sites for hydroxylation is 1. The third kappa shape index (κ3) is 6.84. The lowest BCUT2D eigenvalue weighted by Crippen LogP contribution is -2.21. The first-order valence-corrected chi connectivity index (χ1v) is 14.0. The zero-order valence-corrected chi connectivity index (χ0v) is 23.1. The number of ether oxygens (including phenoxy) is 1. The molecule has 0 N–H and O–H groups in total. The van der Waals surface area contributed by atoms with Gasteiger partial charge < -0.3 is 9.64 Å². The number of carbonyl (C=O) groups excluding carboxylic acids is 1. The number of unbranched alkanes of at least 4 members (excludes halogenated alkanes) is 1. The van der Waals surface area contributed by atoms with Crippen molar-refractivity contribution in [2.45, 2.75) is 40.5 Å². The highest BCUT2D eigenvalue weighted by Crippen LogP contribution is 2.36. The van der Waals surface area contributed by atoms with Gasteiger partial charge in [-0.25, -0.2) is 9.78 Å². The molecule has 2 heterocycles. The summed E-state index contributed by atoms with van der Waals surface area (Å²) in [4.78, 5) is 20.3. The monoisotopic (exact) mass is 534 g/mol. The summed E-state index contributed by atoms with van der Waals surface area (Å²) in [6.07, 6.45) is 1.85. The minimum absolute atomic E-state index is 0.295. The molecule has 8 nitrogen and oxygen atoms in total. The summed E-state index contributed by atoms with van der Waals surface area (Å²) >= 11 is 2.71. The highest BCUT2D eigenvalue weighted by molar-refractivity contribution is 7.29. The third-order valence-electron chi connectivity index (χ3n) is 5.69. The van der Waals surface area contributed by atoms with Crippen molar-refractivity contribution in [3.05, 3.63) is 59.0 Å². The van der Waals surface area contributed by atoms with Gasteiger partial charge in [0.05, 0.1) is 28.4 Å². The van der Waals surface area contributed by atoms with Crippen LogP contribution < -0.4 is 4.90 Å². The van der Waals surface area contributed by atoms with Gasteiger partial charge in [0, 0.05) is 18.8 Å². The smallest absolute Gasteiger partial charge is 0.348 e. The number of anilines is 1. The summed E-state index contributed by atoms with van der Waals surface area (Å²) in [5.41, 5.74) is 4.41. The van der Waals surface area contributed by atoms with E-state index in [2.05, 4.69) is 63.2 Å². The molecule has 37 heavy (non-hydrogen) atoms. The molecule has 0 radical (unpaired) electrons. The number of hydrogen-bond donors (Lipinski definition) is 0. The largest absolute Gasteiger partial charge is 0.462 e. The molecule has 0 aliphatic rings. The molecule has 2 aromatic heterocycles. The van der Waals surface area contributed by atoms with Crippen LogP contribution in [0.25, 0.3) is 9.53 Å². The molecule has 10 heteroatoms. The Bertz CT molecular complexity index is 1370. The van der Waals surface area contributed by atoms with Crippen LogP contribution in [0.3, 0.4) is 0 Å². The molecule has 0 aliphatic heterocycles. The summed E-state index contributed by atoms with van der Waals surface area (Å²) in [6, 6.07) is 15.6. The average Bonchev–Trinajstić information content (AvgIpc) is 3.48. The molecule has 0 unspecified atom stereocenters. The molecule has 2 aromatic carbocycles. The van der Waals surface area contributed by atoms with Gasteiger partial charge >= 0.3 is 5.97 Å². The van der Waals surface area contributed by atoms with Gasteiger partial charge in [-0.3, -0.25) is 0 Å². The third-order valence-corrected chi connectivity index (χ3v) is 7.72. The molecule has 0 spiro atoms. The van der Waals surface area contributed by atoms with E-state index in [1.54, 1.807) is 0 Å². The van der Waals surface area contributed by atoms with Gasteiger partial charge in [0.25, 0.3) is 0 Å². The molecule has 0 saturated heterocycles. The maximum atomic E-state index is 12.1. The molecule has 0 amide bonds. The van der Waals surface area contributed by atoms with E-state index >= 15 is 0 Å². The number of thiazole rings is 1. The van der Waals surface area contributed by atoms with E-state index in [-0.39, 0.29) is 5.97 Å². The normalized spacial score (nSPS) is 11.7. The van der Waals surface area contributed by atoms with E-state index in [1.807, 2.05) is 43.3 Å². The Labute approximate surface area is 224 Å². The van der Waals surface area contributed by atoms with Crippen molar-refractivity contribution in [1.29, 1.82) is 0 Å². The molecule has 0 aliphatic carbocycles. The van der Waals surface area contributed by atoms with Crippen LogP contribution in [0.1, 0.15) is 48.8 Å². The van der Waals surface area contributed by atoms with Crippen molar-refractivity contribution in [2.75, 3.05) is 24.6 Å². The second kappa shape index (κ2) is 12.6. The summed E-state index contributed by atoms with van der Waals surface area (Å²) in [5.74, 6) is -0.295. The maximum Gasteiger partial charge on any atom is 0.348 e. The van der Waals surface area contributed by atoms with E-state index < -0.39 is 0 Å². The first kappa shape index (κ1) is 26.6. The van der Waals surface area contributed by atoms with Gasteiger partial charge in [-0.2, -0.15) is 10.2 Å². The van der Waals surface area contributed by atoms with Crippen molar-refractivity contribution in [2.24, 2.45) is 20.5 Å². The van der Waals surface area contributed by atoms with Gasteiger partial charge in [-0.1, -0.05) is 24.7 Å². The molecular formula is C27H30N6O2S2. The van der Waals surface area contributed by atoms with Gasteiger partial charge in [0.15, 0.2) is 0 Å². The van der Waals surface area contributed by atoms with E-state index in [4.69, 9.17) is 4.74 Å². The van der Waals surface area contributed by atoms with Crippen LogP contribution in [0.2, 0.25) is 0 Å². The van der Waals surface area contributed by atoms with Crippen molar-refractivity contribution in [3.8, 4) is 0 Å². The van der Waals surface area contributed by atoms with E-state index in [0.29, 0.717) is 16.6 Å². The van der Waals surface area contributed by atoms with Gasteiger partial charge in [0.2, 0.25) is 5.13 Å². The average molecular weight is 535 g/mol. The predicted octanol–water partition coefficient (Wildman–Crippen LogP) is 9.30. The summed E-state index contributed by atoms with van der Waals surface area (Å²) < 4.78 is 6.18. The lowest BCUT2D eigenvalue weighted by Gasteiger charge is -2.20. The zero-order chi connectivity index (χ0) is 26.2. The SMILES string of the molecule is CCCCOC(=O)c1cc2sc(N=Nc3ccc(N=Nc4ccc(N(CC)CC)cc4)cc3C)nc2s1. The Hall–Kier alpha value is -3.50. The molecular weight excluding hydrogens is 504 g/mol. The predicted molar refractivity (Wildman–Crippen MR) is 152 cm³/mol. The number of thiophene rings is 1. The molecule has 4 rings (SSSR count). The number of carbonyl (C=O) groups is 1. The number of benzene rings is 2. The van der Waals surface area contributed by atoms with Crippen molar-refractivity contribution in [1.82, 2.24) is 4.98 Å². The maximum absolute atomic E-state index is 12.1. The molecule has 0 saturated carbocycles. The molecule has 0 bridgehead atoms. The van der Waals surface area contributed by atoms with Crippen LogP contribution in [-0.2, 0) is 4.74 Å². The fourth-order valence-corrected chi connectivity index (χ4v) is 5.52. The van der Waals surface area contributed by atoms with Crippen LogP contribution in [-0.4, -0.2) is 30.6 Å². The minimum atomic E-state index is -0.295. The topological polar surface area (TPSA) is 91.9 Å². The van der Waals surface area contributed by atoms with Crippen molar-refractivity contribution in [3.63, 3.8) is 0 Å². The van der Waals surface area contributed by atoms with Crippen molar-refractivity contribution < 1.29 is 9.53 Å². The number of nitrogens with zero attached hydrogens (tertiary/aromatic N) is 6. The number of hydrogen-bond acceptors (Lipinski definition) is 10. The number of azo groups is 2. The Morgan fingerprint density at radius 2 is 1.65 bits per heavy atom. The van der Waals surface area contributed by atoms with Crippen LogP contribution in [0.15, 0.2) is 69.0 Å². The second-order valence-electron chi connectivity index (χ2n) is 8.33. The van der Waals surface area contributed by atoms with Gasteiger partial charge in [-0.15, -0.1) is 21.6 Å². The highest BCUT2D eigenvalue weighted by atomic mass is 32.1. The Balaban J connectivity index is 1.39. The first-order valence-electron chi connectivity index (χ1n) is 12.4. The Kier molecular flexibility index (Phi) is 9.08. The highest BCUT2D eigenvalue weighted by Gasteiger charge is 2.15. The lowest BCUT2D eigenvalue weighted by atomic mass is 10.2. The van der Waals surface area contributed by atoms with Gasteiger partial charge in [0.1, 0.15) is 9.71 Å². The molecule has 4 aromatic rings. The first-order chi connectivity index (χ1) is 18.0. The Morgan fingerprint density at radius 3 is 2.32 bits per heavy atom. The number of fused-ring (bicyclic) bond motifs is 1. The van der Waals surface area contributed by atoms with Crippen LogP contribution in [0, 0.1) is 6.92 Å². The minimum Gasteiger partial charge on any atom is -0.462 e. The van der Waals surface area contributed by atoms with Gasteiger partial charge in [-0.05, 0) is 81.3 Å². The van der Waals surface area contributed by atoms with E-state index in [0.717, 1.165) is 58.1 Å². The summed E-state index contributed by atoms with van der Waals surface area (Å²) in [6.45, 7) is 10.7. The van der Waals surface area contributed by atoms with Crippen molar-refractivity contribution >= 4 is 66.1 Å². The molecule has 0 fully saturated rings. The summed E-state index contributed by atoms with van der Waals surface area (Å²) in [5, 5.41) is 18.0. The fourth-order valence-electron chi connectivity index (χ4n) is 3.59. The lowest BCUT2D eigenvalue weighted by molar-refractivity contribution is 0.0505. The number of aromatic nitrogens is 1. The number of rotatable bonds is 11.